The molecule has 0 radical (unpaired) electrons. The molecule has 1 aromatic rings. The van der Waals surface area contributed by atoms with Crippen molar-refractivity contribution in [1.29, 1.82) is 0 Å². The predicted octanol–water partition coefficient (Wildman–Crippen LogP) is 4.64. The van der Waals surface area contributed by atoms with Gasteiger partial charge in [-0.25, -0.2) is 0 Å². The number of cyclic esters (lactones) is 1. The summed E-state index contributed by atoms with van der Waals surface area (Å²) in [5, 5.41) is 22.3. The van der Waals surface area contributed by atoms with E-state index >= 15 is 0 Å². The maximum atomic E-state index is 13.7. The number of Topliss-reactive ketones (excluding diaryl/α,β-unsaturated/α-hetero) is 1. The SMILES string of the molecule is CC[C@H]1C(=O)C2(CCC2)[C@H](O)CC(=O)O[C@H](/C(C)=C/c2ccccn2)CC2OC2(C)CCC[C@@H](C)[C@@H]1O. The van der Waals surface area contributed by atoms with E-state index in [0.29, 0.717) is 25.7 Å². The van der Waals surface area contributed by atoms with Crippen molar-refractivity contribution in [2.75, 3.05) is 0 Å². The average Bonchev–Trinajstić information content (AvgIpc) is 3.46. The molecule has 3 fully saturated rings. The van der Waals surface area contributed by atoms with Crippen molar-refractivity contribution in [1.82, 2.24) is 4.98 Å². The van der Waals surface area contributed by atoms with Gasteiger partial charge in [0.25, 0.3) is 0 Å². The Labute approximate surface area is 220 Å². The molecule has 1 aromatic heterocycles. The second-order valence-corrected chi connectivity index (χ2v) is 11.7. The van der Waals surface area contributed by atoms with E-state index in [2.05, 4.69) is 11.9 Å². The Bertz CT molecular complexity index is 989. The van der Waals surface area contributed by atoms with Crippen molar-refractivity contribution < 1.29 is 29.3 Å². The number of epoxide rings is 1. The minimum atomic E-state index is -1.13. The van der Waals surface area contributed by atoms with Gasteiger partial charge in [0.15, 0.2) is 0 Å². The lowest BCUT2D eigenvalue weighted by atomic mass is 9.58. The van der Waals surface area contributed by atoms with Gasteiger partial charge in [-0.1, -0.05) is 32.8 Å². The maximum absolute atomic E-state index is 13.7. The number of rotatable bonds is 3. The van der Waals surface area contributed by atoms with Crippen LogP contribution in [0.3, 0.4) is 0 Å². The summed E-state index contributed by atoms with van der Waals surface area (Å²) >= 11 is 0. The highest BCUT2D eigenvalue weighted by Gasteiger charge is 2.55. The number of ether oxygens (including phenoxy) is 2. The molecule has 2 aliphatic heterocycles. The number of pyridine rings is 1. The summed E-state index contributed by atoms with van der Waals surface area (Å²) in [6.45, 7) is 7.92. The fourth-order valence-corrected chi connectivity index (χ4v) is 6.27. The van der Waals surface area contributed by atoms with E-state index in [-0.39, 0.29) is 29.8 Å². The van der Waals surface area contributed by atoms with Crippen LogP contribution in [0.5, 0.6) is 0 Å². The summed E-state index contributed by atoms with van der Waals surface area (Å²) in [6, 6.07) is 5.66. The molecule has 7 heteroatoms. The molecule has 0 amide bonds. The van der Waals surface area contributed by atoms with Gasteiger partial charge >= 0.3 is 5.97 Å². The van der Waals surface area contributed by atoms with E-state index in [0.717, 1.165) is 37.0 Å². The Kier molecular flexibility index (Phi) is 8.56. The summed E-state index contributed by atoms with van der Waals surface area (Å²) in [7, 11) is 0. The smallest absolute Gasteiger partial charge is 0.309 e. The normalized spacial score (nSPS) is 37.4. The molecule has 1 spiro atoms. The third kappa shape index (κ3) is 5.99. The van der Waals surface area contributed by atoms with Crippen molar-refractivity contribution in [3.05, 3.63) is 35.7 Å². The number of aliphatic hydroxyl groups excluding tert-OH is 2. The molecule has 2 saturated heterocycles. The lowest BCUT2D eigenvalue weighted by Crippen LogP contribution is -2.53. The average molecular weight is 514 g/mol. The highest BCUT2D eigenvalue weighted by molar-refractivity contribution is 5.89. The van der Waals surface area contributed by atoms with Crippen LogP contribution < -0.4 is 0 Å². The number of nitrogens with zero attached hydrogens (tertiary/aromatic N) is 1. The molecule has 37 heavy (non-hydrogen) atoms. The summed E-state index contributed by atoms with van der Waals surface area (Å²) in [4.78, 5) is 31.2. The molecule has 7 atom stereocenters. The molecule has 4 rings (SSSR count). The van der Waals surface area contributed by atoms with Gasteiger partial charge in [-0.3, -0.25) is 14.6 Å². The van der Waals surface area contributed by atoms with E-state index in [1.165, 1.54) is 0 Å². The molecule has 204 valence electrons. The summed E-state index contributed by atoms with van der Waals surface area (Å²) in [5.74, 6) is -1.22. The second kappa shape index (κ2) is 11.3. The number of fused-ring (bicyclic) bond motifs is 1. The first-order valence-corrected chi connectivity index (χ1v) is 14.0. The van der Waals surface area contributed by atoms with Crippen molar-refractivity contribution in [3.63, 3.8) is 0 Å². The second-order valence-electron chi connectivity index (χ2n) is 11.7. The standard InChI is InChI=1S/C30H43NO6/c1-5-22-27(34)19(2)10-8-12-29(4)25(37-29)17-23(20(3)16-21-11-6-7-15-31-21)36-26(33)18-24(32)30(28(22)35)13-9-14-30/h6-7,11,15-16,19,22-25,27,32,34H,5,8-10,12-14,17-18H2,1-4H3/b20-16+/t19-,22-,23+,24-,25?,27+,29?/m1/s1. The van der Waals surface area contributed by atoms with Gasteiger partial charge in [0.2, 0.25) is 0 Å². The van der Waals surface area contributed by atoms with E-state index < -0.39 is 35.6 Å². The largest absolute Gasteiger partial charge is 0.458 e. The Balaban J connectivity index is 1.60. The Morgan fingerprint density at radius 2 is 1.95 bits per heavy atom. The molecular weight excluding hydrogens is 470 g/mol. The third-order valence-corrected chi connectivity index (χ3v) is 9.15. The van der Waals surface area contributed by atoms with Crippen molar-refractivity contribution in [2.45, 2.75) is 115 Å². The van der Waals surface area contributed by atoms with Crippen LogP contribution in [0.1, 0.15) is 91.2 Å². The quantitative estimate of drug-likeness (QED) is 0.448. The third-order valence-electron chi connectivity index (χ3n) is 9.15. The molecule has 1 saturated carbocycles. The van der Waals surface area contributed by atoms with E-state index in [4.69, 9.17) is 9.47 Å². The number of hydrogen-bond donors (Lipinski definition) is 2. The lowest BCUT2D eigenvalue weighted by Gasteiger charge is -2.46. The molecule has 2 unspecified atom stereocenters. The molecule has 0 aromatic carbocycles. The van der Waals surface area contributed by atoms with E-state index in [1.54, 1.807) is 6.20 Å². The molecule has 7 nitrogen and oxygen atoms in total. The number of hydrogen-bond acceptors (Lipinski definition) is 7. The zero-order valence-corrected chi connectivity index (χ0v) is 22.7. The predicted molar refractivity (Wildman–Crippen MR) is 140 cm³/mol. The van der Waals surface area contributed by atoms with Crippen LogP contribution >= 0.6 is 0 Å². The van der Waals surface area contributed by atoms with Gasteiger partial charge in [-0.2, -0.15) is 0 Å². The molecule has 3 heterocycles. The first-order valence-electron chi connectivity index (χ1n) is 14.0. The minimum Gasteiger partial charge on any atom is -0.458 e. The van der Waals surface area contributed by atoms with E-state index in [1.807, 2.05) is 45.0 Å². The minimum absolute atomic E-state index is 0.0432. The zero-order valence-electron chi connectivity index (χ0n) is 22.7. The van der Waals surface area contributed by atoms with Gasteiger partial charge < -0.3 is 19.7 Å². The summed E-state index contributed by atoms with van der Waals surface area (Å²) < 4.78 is 12.0. The van der Waals surface area contributed by atoms with Gasteiger partial charge in [-0.05, 0) is 75.7 Å². The first-order chi connectivity index (χ1) is 17.6. The van der Waals surface area contributed by atoms with Crippen LogP contribution in [0.4, 0.5) is 0 Å². The molecule has 1 aliphatic carbocycles. The first kappa shape index (κ1) is 27.9. The van der Waals surface area contributed by atoms with Gasteiger partial charge in [0.05, 0.1) is 41.4 Å². The highest BCUT2D eigenvalue weighted by Crippen LogP contribution is 2.49. The fraction of sp³-hybridized carbons (Fsp3) is 0.700. The zero-order chi connectivity index (χ0) is 26.8. The summed E-state index contributed by atoms with van der Waals surface area (Å²) in [6.07, 6.45) is 6.36. The van der Waals surface area contributed by atoms with Gasteiger partial charge in [0.1, 0.15) is 11.9 Å². The van der Waals surface area contributed by atoms with Crippen LogP contribution in [0.2, 0.25) is 0 Å². The number of carbonyl (C=O) groups is 2. The number of ketones is 1. The van der Waals surface area contributed by atoms with Crippen LogP contribution in [0.15, 0.2) is 30.0 Å². The van der Waals surface area contributed by atoms with Crippen molar-refractivity contribution in [3.8, 4) is 0 Å². The van der Waals surface area contributed by atoms with Crippen LogP contribution in [0.25, 0.3) is 6.08 Å². The molecule has 2 N–H and O–H groups in total. The highest BCUT2D eigenvalue weighted by atomic mass is 16.6. The van der Waals surface area contributed by atoms with Gasteiger partial charge in [-0.15, -0.1) is 0 Å². The topological polar surface area (TPSA) is 109 Å². The fourth-order valence-electron chi connectivity index (χ4n) is 6.27. The Morgan fingerprint density at radius 3 is 2.57 bits per heavy atom. The molecule has 0 bridgehead atoms. The number of esters is 1. The van der Waals surface area contributed by atoms with E-state index in [9.17, 15) is 19.8 Å². The number of aromatic nitrogens is 1. The maximum Gasteiger partial charge on any atom is 0.309 e. The van der Waals surface area contributed by atoms with Crippen molar-refractivity contribution >= 4 is 17.8 Å². The Morgan fingerprint density at radius 1 is 1.19 bits per heavy atom. The molecule has 3 aliphatic rings. The van der Waals surface area contributed by atoms with Crippen molar-refractivity contribution in [2.24, 2.45) is 17.3 Å². The van der Waals surface area contributed by atoms with Crippen LogP contribution in [-0.4, -0.2) is 57.0 Å². The Hall–Kier alpha value is -2.09. The number of aliphatic hydroxyl groups is 2. The number of carbonyl (C=O) groups excluding carboxylic acids is 2. The van der Waals surface area contributed by atoms with Crippen LogP contribution in [-0.2, 0) is 19.1 Å². The monoisotopic (exact) mass is 513 g/mol. The lowest BCUT2D eigenvalue weighted by molar-refractivity contribution is -0.162. The van der Waals surface area contributed by atoms with Crippen LogP contribution in [0, 0.1) is 17.3 Å². The molecular formula is C30H43NO6. The summed E-state index contributed by atoms with van der Waals surface area (Å²) in [5.41, 5.74) is 0.356. The van der Waals surface area contributed by atoms with Gasteiger partial charge in [0, 0.05) is 18.5 Å².